The Labute approximate surface area is 175 Å². The number of esters is 1. The summed E-state index contributed by atoms with van der Waals surface area (Å²) in [6, 6.07) is 19.1. The van der Waals surface area contributed by atoms with E-state index < -0.39 is 17.4 Å². The first-order valence-corrected chi connectivity index (χ1v) is 10.1. The van der Waals surface area contributed by atoms with E-state index in [0.717, 1.165) is 30.5 Å². The second-order valence-electron chi connectivity index (χ2n) is 7.46. The minimum Gasteiger partial charge on any atom is -0.467 e. The number of hydrogen-bond donors (Lipinski definition) is 1. The van der Waals surface area contributed by atoms with E-state index in [4.69, 9.17) is 4.74 Å². The molecule has 0 aliphatic heterocycles. The van der Waals surface area contributed by atoms with Gasteiger partial charge in [0.1, 0.15) is 5.54 Å². The Kier molecular flexibility index (Phi) is 5.61. The van der Waals surface area contributed by atoms with Crippen LogP contribution in [0.3, 0.4) is 0 Å². The van der Waals surface area contributed by atoms with Crippen LogP contribution in [-0.4, -0.2) is 39.3 Å². The number of methoxy groups -OCH3 is 1. The maximum Gasteiger partial charge on any atom is 0.331 e. The van der Waals surface area contributed by atoms with Gasteiger partial charge in [-0.15, -0.1) is 5.10 Å². The van der Waals surface area contributed by atoms with Crippen LogP contribution in [0.2, 0.25) is 0 Å². The van der Waals surface area contributed by atoms with Gasteiger partial charge >= 0.3 is 5.97 Å². The molecule has 0 atom stereocenters. The van der Waals surface area contributed by atoms with Gasteiger partial charge in [-0.05, 0) is 25.0 Å². The maximum absolute atomic E-state index is 13.1. The summed E-state index contributed by atoms with van der Waals surface area (Å²) in [5, 5.41) is 7.37. The third-order valence-corrected chi connectivity index (χ3v) is 5.48. The third-order valence-electron chi connectivity index (χ3n) is 5.48. The average Bonchev–Trinajstić information content (AvgIpc) is 3.26. The molecule has 4 rings (SSSR count). The van der Waals surface area contributed by atoms with Crippen LogP contribution in [0.1, 0.15) is 42.7 Å². The van der Waals surface area contributed by atoms with E-state index in [0.29, 0.717) is 18.7 Å². The number of hydrogen-bond acceptors (Lipinski definition) is 5. The Balaban J connectivity index is 1.71. The Morgan fingerprint density at radius 1 is 0.967 bits per heavy atom. The van der Waals surface area contributed by atoms with Gasteiger partial charge in [0, 0.05) is 5.56 Å². The molecule has 3 aromatic rings. The Hall–Kier alpha value is -3.48. The van der Waals surface area contributed by atoms with E-state index in [9.17, 15) is 9.59 Å². The van der Waals surface area contributed by atoms with Crippen molar-refractivity contribution in [1.82, 2.24) is 20.1 Å². The predicted molar refractivity (Wildman–Crippen MR) is 112 cm³/mol. The Bertz CT molecular complexity index is 968. The van der Waals surface area contributed by atoms with Gasteiger partial charge in [-0.2, -0.15) is 0 Å². The second kappa shape index (κ2) is 8.49. The van der Waals surface area contributed by atoms with Crippen molar-refractivity contribution in [3.8, 4) is 17.1 Å². The van der Waals surface area contributed by atoms with Crippen LogP contribution in [0.25, 0.3) is 17.1 Å². The van der Waals surface area contributed by atoms with Crippen LogP contribution >= 0.6 is 0 Å². The first kappa shape index (κ1) is 19.8. The van der Waals surface area contributed by atoms with Crippen LogP contribution in [-0.2, 0) is 9.53 Å². The molecule has 0 saturated heterocycles. The molecule has 30 heavy (non-hydrogen) atoms. The number of nitrogens with one attached hydrogen (secondary N) is 1. The first-order valence-electron chi connectivity index (χ1n) is 10.1. The molecule has 0 unspecified atom stereocenters. The van der Waals surface area contributed by atoms with Crippen LogP contribution in [0, 0.1) is 0 Å². The number of carbonyl (C=O) groups is 2. The van der Waals surface area contributed by atoms with Crippen LogP contribution in [0.5, 0.6) is 0 Å². The molecule has 1 fully saturated rings. The first-order chi connectivity index (χ1) is 14.6. The lowest BCUT2D eigenvalue weighted by atomic mass is 9.81. The molecule has 0 radical (unpaired) electrons. The van der Waals surface area contributed by atoms with Gasteiger partial charge in [-0.1, -0.05) is 67.8 Å². The zero-order chi connectivity index (χ0) is 21.0. The number of nitrogens with zero attached hydrogens (tertiary/aromatic N) is 3. The maximum atomic E-state index is 13.1. The number of aromatic nitrogens is 3. The summed E-state index contributed by atoms with van der Waals surface area (Å²) < 4.78 is 6.65. The smallest absolute Gasteiger partial charge is 0.331 e. The highest BCUT2D eigenvalue weighted by molar-refractivity contribution is 5.96. The summed E-state index contributed by atoms with van der Waals surface area (Å²) in [6.45, 7) is 0. The molecule has 1 N–H and O–H groups in total. The summed E-state index contributed by atoms with van der Waals surface area (Å²) in [4.78, 5) is 30.1. The molecule has 0 spiro atoms. The molecule has 1 aliphatic rings. The lowest BCUT2D eigenvalue weighted by Gasteiger charge is -2.34. The summed E-state index contributed by atoms with van der Waals surface area (Å²) in [5.74, 6) is -0.315. The van der Waals surface area contributed by atoms with E-state index in [1.54, 1.807) is 4.68 Å². The molecule has 1 amide bonds. The highest BCUT2D eigenvalue weighted by Crippen LogP contribution is 2.30. The molecule has 1 saturated carbocycles. The molecule has 1 aliphatic carbocycles. The molecular weight excluding hydrogens is 380 g/mol. The largest absolute Gasteiger partial charge is 0.467 e. The zero-order valence-electron chi connectivity index (χ0n) is 16.9. The van der Waals surface area contributed by atoms with Crippen LogP contribution in [0.4, 0.5) is 0 Å². The fourth-order valence-electron chi connectivity index (χ4n) is 3.94. The molecule has 154 valence electrons. The number of ether oxygens (including phenoxy) is 1. The highest BCUT2D eigenvalue weighted by Gasteiger charge is 2.42. The highest BCUT2D eigenvalue weighted by atomic mass is 16.5. The van der Waals surface area contributed by atoms with Gasteiger partial charge in [-0.25, -0.2) is 14.5 Å². The van der Waals surface area contributed by atoms with Crippen LogP contribution in [0.15, 0.2) is 60.7 Å². The topological polar surface area (TPSA) is 86.1 Å². The minimum absolute atomic E-state index is 0.0200. The molecule has 7 heteroatoms. The SMILES string of the molecule is COC(=O)C1(NC(=O)c2nc(-c3ccccc3)n(-c3ccccc3)n2)CCCCC1. The Morgan fingerprint density at radius 3 is 2.23 bits per heavy atom. The van der Waals surface area contributed by atoms with E-state index in [1.165, 1.54) is 7.11 Å². The minimum atomic E-state index is -1.02. The molecular formula is C23H24N4O3. The van der Waals surface area contributed by atoms with E-state index in [1.807, 2.05) is 60.7 Å². The number of benzene rings is 2. The third kappa shape index (κ3) is 3.83. The van der Waals surface area contributed by atoms with Crippen molar-refractivity contribution in [3.05, 3.63) is 66.5 Å². The van der Waals surface area contributed by atoms with E-state index in [2.05, 4.69) is 15.4 Å². The van der Waals surface area contributed by atoms with Gasteiger partial charge in [0.2, 0.25) is 5.82 Å². The van der Waals surface area contributed by atoms with Gasteiger partial charge in [-0.3, -0.25) is 4.79 Å². The zero-order valence-corrected chi connectivity index (χ0v) is 16.9. The molecule has 2 aromatic carbocycles. The molecule has 1 heterocycles. The normalized spacial score (nSPS) is 15.4. The number of rotatable bonds is 5. The molecule has 1 aromatic heterocycles. The van der Waals surface area contributed by atoms with E-state index in [-0.39, 0.29) is 5.82 Å². The predicted octanol–water partition coefficient (Wildman–Crippen LogP) is 3.54. The summed E-state index contributed by atoms with van der Waals surface area (Å²) in [5.41, 5.74) is 0.617. The quantitative estimate of drug-likeness (QED) is 0.658. The number of carbonyl (C=O) groups excluding carboxylic acids is 2. The summed E-state index contributed by atoms with van der Waals surface area (Å²) >= 11 is 0. The van der Waals surface area contributed by atoms with Crippen molar-refractivity contribution in [2.45, 2.75) is 37.6 Å². The summed E-state index contributed by atoms with van der Waals surface area (Å²) in [7, 11) is 1.35. The van der Waals surface area contributed by atoms with Crippen molar-refractivity contribution in [2.75, 3.05) is 7.11 Å². The van der Waals surface area contributed by atoms with Crippen molar-refractivity contribution >= 4 is 11.9 Å². The summed E-state index contributed by atoms with van der Waals surface area (Å²) in [6.07, 6.45) is 3.85. The fourth-order valence-corrected chi connectivity index (χ4v) is 3.94. The molecule has 7 nitrogen and oxygen atoms in total. The van der Waals surface area contributed by atoms with Crippen molar-refractivity contribution in [3.63, 3.8) is 0 Å². The van der Waals surface area contributed by atoms with E-state index >= 15 is 0 Å². The van der Waals surface area contributed by atoms with Crippen LogP contribution < -0.4 is 5.32 Å². The number of amides is 1. The lowest BCUT2D eigenvalue weighted by Crippen LogP contribution is -2.56. The Morgan fingerprint density at radius 2 is 1.60 bits per heavy atom. The van der Waals surface area contributed by atoms with Crippen molar-refractivity contribution < 1.29 is 14.3 Å². The number of para-hydroxylation sites is 1. The van der Waals surface area contributed by atoms with Gasteiger partial charge in [0.05, 0.1) is 12.8 Å². The molecule has 0 bridgehead atoms. The van der Waals surface area contributed by atoms with Gasteiger partial charge < -0.3 is 10.1 Å². The van der Waals surface area contributed by atoms with Crippen molar-refractivity contribution in [1.29, 1.82) is 0 Å². The average molecular weight is 404 g/mol. The fraction of sp³-hybridized carbons (Fsp3) is 0.304. The van der Waals surface area contributed by atoms with Gasteiger partial charge in [0.15, 0.2) is 5.82 Å². The van der Waals surface area contributed by atoms with Gasteiger partial charge in [0.25, 0.3) is 5.91 Å². The standard InChI is InChI=1S/C23H24N4O3/c1-30-22(29)23(15-9-4-10-16-23)25-21(28)19-24-20(17-11-5-2-6-12-17)27(26-19)18-13-7-3-8-14-18/h2-3,5-8,11-14H,4,9-10,15-16H2,1H3,(H,25,28). The van der Waals surface area contributed by atoms with Crippen molar-refractivity contribution in [2.24, 2.45) is 0 Å². The monoisotopic (exact) mass is 404 g/mol. The lowest BCUT2D eigenvalue weighted by molar-refractivity contribution is -0.149. The second-order valence-corrected chi connectivity index (χ2v) is 7.46.